The van der Waals surface area contributed by atoms with Gasteiger partial charge in [-0.25, -0.2) is 4.79 Å². The van der Waals surface area contributed by atoms with Crippen LogP contribution in [0, 0.1) is 0 Å². The summed E-state index contributed by atoms with van der Waals surface area (Å²) in [4.78, 5) is 12.8. The maximum Gasteiger partial charge on any atom is 0.416 e. The van der Waals surface area contributed by atoms with E-state index in [9.17, 15) is 18.0 Å². The van der Waals surface area contributed by atoms with Crippen molar-refractivity contribution in [3.05, 3.63) is 94.5 Å². The van der Waals surface area contributed by atoms with Gasteiger partial charge in [0.2, 0.25) is 0 Å². The summed E-state index contributed by atoms with van der Waals surface area (Å²) in [5.41, 5.74) is 1.45. The molecular formula is C25H18BrF3N2O3. The number of benzene rings is 3. The van der Waals surface area contributed by atoms with Gasteiger partial charge in [-0.05, 0) is 48.9 Å². The summed E-state index contributed by atoms with van der Waals surface area (Å²) < 4.78 is 50.9. The fraction of sp³-hybridized carbons (Fsp3) is 0.120. The fourth-order valence-corrected chi connectivity index (χ4v) is 3.59. The molecule has 1 amide bonds. The molecule has 0 aliphatic heterocycles. The van der Waals surface area contributed by atoms with Gasteiger partial charge in [-0.15, -0.1) is 0 Å². The number of ether oxygens (including phenoxy) is 1. The molecule has 9 heteroatoms. The number of carbonyl (C=O) groups excluding carboxylic acids is 1. The molecule has 3 aromatic carbocycles. The second-order valence-electron chi connectivity index (χ2n) is 7.40. The average molecular weight is 531 g/mol. The Labute approximate surface area is 201 Å². The number of aromatic nitrogens is 1. The van der Waals surface area contributed by atoms with Crippen LogP contribution >= 0.6 is 15.9 Å². The smallest absolute Gasteiger partial charge is 0.416 e. The molecule has 1 heterocycles. The Morgan fingerprint density at radius 2 is 1.71 bits per heavy atom. The zero-order valence-electron chi connectivity index (χ0n) is 17.8. The van der Waals surface area contributed by atoms with Crippen LogP contribution in [0.25, 0.3) is 22.6 Å². The highest BCUT2D eigenvalue weighted by atomic mass is 79.9. The number of hydrogen-bond acceptors (Lipinski definition) is 4. The van der Waals surface area contributed by atoms with Crippen molar-refractivity contribution in [1.82, 2.24) is 5.16 Å². The minimum atomic E-state index is -4.50. The van der Waals surface area contributed by atoms with Crippen molar-refractivity contribution >= 4 is 27.7 Å². The Morgan fingerprint density at radius 3 is 2.38 bits per heavy atom. The molecule has 0 fully saturated rings. The predicted octanol–water partition coefficient (Wildman–Crippen LogP) is 8.10. The van der Waals surface area contributed by atoms with Gasteiger partial charge < -0.3 is 9.26 Å². The standard InChI is InChI=1S/C25H18BrF3N2O3/c1-15(18-8-5-9-19(14-18)25(27,28)29)33-24(32)30-22-21(16-6-3-2-4-7-16)31-34-23(22)17-10-12-20(26)13-11-17/h2-15H,1H3,(H,30,32). The molecule has 0 saturated carbocycles. The lowest BCUT2D eigenvalue weighted by atomic mass is 10.1. The first-order valence-electron chi connectivity index (χ1n) is 10.2. The van der Waals surface area contributed by atoms with Crippen molar-refractivity contribution in [3.8, 4) is 22.6 Å². The summed E-state index contributed by atoms with van der Waals surface area (Å²) in [5.74, 6) is 0.315. The van der Waals surface area contributed by atoms with Gasteiger partial charge in [0.15, 0.2) is 5.76 Å². The van der Waals surface area contributed by atoms with Crippen molar-refractivity contribution in [2.75, 3.05) is 5.32 Å². The SMILES string of the molecule is CC(OC(=O)Nc1c(-c2ccccc2)noc1-c1ccc(Br)cc1)c1cccc(C(F)(F)F)c1. The Balaban J connectivity index is 1.61. The topological polar surface area (TPSA) is 64.4 Å². The zero-order valence-corrected chi connectivity index (χ0v) is 19.4. The molecule has 174 valence electrons. The molecule has 5 nitrogen and oxygen atoms in total. The lowest BCUT2D eigenvalue weighted by molar-refractivity contribution is -0.137. The molecule has 0 saturated heterocycles. The Kier molecular flexibility index (Phi) is 6.74. The molecule has 4 rings (SSSR count). The molecular weight excluding hydrogens is 513 g/mol. The van der Waals surface area contributed by atoms with Crippen LogP contribution in [0.5, 0.6) is 0 Å². The second-order valence-corrected chi connectivity index (χ2v) is 8.32. The van der Waals surface area contributed by atoms with Gasteiger partial charge in [0, 0.05) is 15.6 Å². The van der Waals surface area contributed by atoms with Crippen LogP contribution in [0.15, 0.2) is 87.9 Å². The Morgan fingerprint density at radius 1 is 1.00 bits per heavy atom. The summed E-state index contributed by atoms with van der Waals surface area (Å²) in [6.07, 6.45) is -6.29. The number of nitrogens with zero attached hydrogens (tertiary/aromatic N) is 1. The monoisotopic (exact) mass is 530 g/mol. The summed E-state index contributed by atoms with van der Waals surface area (Å²) in [6.45, 7) is 1.50. The van der Waals surface area contributed by atoms with Gasteiger partial charge in [-0.3, -0.25) is 5.32 Å². The van der Waals surface area contributed by atoms with E-state index < -0.39 is 23.9 Å². The summed E-state index contributed by atoms with van der Waals surface area (Å²) in [7, 11) is 0. The van der Waals surface area contributed by atoms with Crippen LogP contribution in [-0.2, 0) is 10.9 Å². The number of halogens is 4. The molecule has 1 atom stereocenters. The first-order chi connectivity index (χ1) is 16.2. The van der Waals surface area contributed by atoms with Crippen molar-refractivity contribution in [3.63, 3.8) is 0 Å². The van der Waals surface area contributed by atoms with Crippen LogP contribution in [0.4, 0.5) is 23.7 Å². The van der Waals surface area contributed by atoms with Crippen molar-refractivity contribution in [1.29, 1.82) is 0 Å². The van der Waals surface area contributed by atoms with E-state index in [2.05, 4.69) is 26.4 Å². The highest BCUT2D eigenvalue weighted by Crippen LogP contribution is 2.38. The van der Waals surface area contributed by atoms with Gasteiger partial charge in [-0.1, -0.05) is 63.6 Å². The minimum absolute atomic E-state index is 0.215. The first kappa shape index (κ1) is 23.6. The average Bonchev–Trinajstić information content (AvgIpc) is 3.23. The number of carbonyl (C=O) groups is 1. The summed E-state index contributed by atoms with van der Waals surface area (Å²) in [6, 6.07) is 21.0. The molecule has 0 radical (unpaired) electrons. The van der Waals surface area contributed by atoms with E-state index in [1.54, 1.807) is 12.1 Å². The van der Waals surface area contributed by atoms with Gasteiger partial charge in [0.05, 0.1) is 5.56 Å². The normalized spacial score (nSPS) is 12.3. The lowest BCUT2D eigenvalue weighted by Crippen LogP contribution is -2.17. The van der Waals surface area contributed by atoms with Gasteiger partial charge in [0.1, 0.15) is 17.5 Å². The number of hydrogen-bond donors (Lipinski definition) is 1. The fourth-order valence-electron chi connectivity index (χ4n) is 3.33. The van der Waals surface area contributed by atoms with E-state index in [0.717, 1.165) is 16.6 Å². The van der Waals surface area contributed by atoms with Gasteiger partial charge >= 0.3 is 12.3 Å². The van der Waals surface area contributed by atoms with E-state index in [0.29, 0.717) is 22.6 Å². The molecule has 34 heavy (non-hydrogen) atoms. The molecule has 1 N–H and O–H groups in total. The zero-order chi connectivity index (χ0) is 24.3. The maximum absolute atomic E-state index is 13.0. The third-order valence-corrected chi connectivity index (χ3v) is 5.57. The maximum atomic E-state index is 13.0. The minimum Gasteiger partial charge on any atom is -0.441 e. The summed E-state index contributed by atoms with van der Waals surface area (Å²) >= 11 is 3.38. The van der Waals surface area contributed by atoms with E-state index in [1.165, 1.54) is 19.1 Å². The van der Waals surface area contributed by atoms with E-state index in [1.807, 2.05) is 42.5 Å². The highest BCUT2D eigenvalue weighted by Gasteiger charge is 2.31. The molecule has 1 unspecified atom stereocenters. The number of alkyl halides is 3. The third kappa shape index (κ3) is 5.31. The number of amides is 1. The van der Waals surface area contributed by atoms with Crippen molar-refractivity contribution in [2.45, 2.75) is 19.2 Å². The first-order valence-corrected chi connectivity index (χ1v) is 11.0. The molecule has 0 bridgehead atoms. The van der Waals surface area contributed by atoms with Crippen LogP contribution in [-0.4, -0.2) is 11.2 Å². The highest BCUT2D eigenvalue weighted by molar-refractivity contribution is 9.10. The molecule has 0 spiro atoms. The largest absolute Gasteiger partial charge is 0.441 e. The van der Waals surface area contributed by atoms with Crippen LogP contribution in [0.2, 0.25) is 0 Å². The number of rotatable bonds is 5. The third-order valence-electron chi connectivity index (χ3n) is 5.04. The Bertz CT molecular complexity index is 1290. The molecule has 0 aliphatic carbocycles. The predicted molar refractivity (Wildman–Crippen MR) is 125 cm³/mol. The summed E-state index contributed by atoms with van der Waals surface area (Å²) in [5, 5.41) is 6.80. The van der Waals surface area contributed by atoms with Crippen molar-refractivity contribution < 1.29 is 27.2 Å². The van der Waals surface area contributed by atoms with Crippen LogP contribution in [0.3, 0.4) is 0 Å². The number of nitrogens with one attached hydrogen (secondary N) is 1. The van der Waals surface area contributed by atoms with Crippen molar-refractivity contribution in [2.24, 2.45) is 0 Å². The van der Waals surface area contributed by atoms with Crippen LogP contribution in [0.1, 0.15) is 24.2 Å². The molecule has 1 aromatic heterocycles. The number of anilines is 1. The van der Waals surface area contributed by atoms with Gasteiger partial charge in [-0.2, -0.15) is 13.2 Å². The second kappa shape index (κ2) is 9.72. The quantitative estimate of drug-likeness (QED) is 0.283. The van der Waals surface area contributed by atoms with E-state index in [-0.39, 0.29) is 11.3 Å². The Hall–Kier alpha value is -3.59. The van der Waals surface area contributed by atoms with Crippen LogP contribution < -0.4 is 5.32 Å². The molecule has 0 aliphatic rings. The lowest BCUT2D eigenvalue weighted by Gasteiger charge is -2.16. The van der Waals surface area contributed by atoms with Gasteiger partial charge in [0.25, 0.3) is 0 Å². The van der Waals surface area contributed by atoms with E-state index >= 15 is 0 Å². The molecule has 4 aromatic rings. The van der Waals surface area contributed by atoms with E-state index in [4.69, 9.17) is 9.26 Å².